The number of aliphatic hydroxyl groups is 1. The second kappa shape index (κ2) is 5.97. The minimum absolute atomic E-state index is 0.0892. The van der Waals surface area contributed by atoms with Gasteiger partial charge in [-0.25, -0.2) is 4.98 Å². The maximum Gasteiger partial charge on any atom is 0.225 e. The van der Waals surface area contributed by atoms with E-state index in [0.29, 0.717) is 24.0 Å². The van der Waals surface area contributed by atoms with E-state index in [9.17, 15) is 0 Å². The Morgan fingerprint density at radius 2 is 2.11 bits per heavy atom. The van der Waals surface area contributed by atoms with Crippen molar-refractivity contribution >= 4 is 5.95 Å². The summed E-state index contributed by atoms with van der Waals surface area (Å²) in [7, 11) is 1.75. The van der Waals surface area contributed by atoms with Crippen molar-refractivity contribution < 1.29 is 9.84 Å². The van der Waals surface area contributed by atoms with Crippen molar-refractivity contribution in [2.75, 3.05) is 19.0 Å². The minimum Gasteiger partial charge on any atom is -0.439 e. The van der Waals surface area contributed by atoms with Crippen molar-refractivity contribution in [1.29, 1.82) is 0 Å². The number of nitrogens with zero attached hydrogens (tertiary/aromatic N) is 2. The zero-order valence-electron chi connectivity index (χ0n) is 10.1. The summed E-state index contributed by atoms with van der Waals surface area (Å²) in [6.45, 7) is 0.0892. The Morgan fingerprint density at radius 1 is 1.28 bits per heavy atom. The molecule has 0 fully saturated rings. The molecule has 0 radical (unpaired) electrons. The molecule has 0 atom stereocenters. The molecule has 2 N–H and O–H groups in total. The Labute approximate surface area is 105 Å². The fourth-order valence-corrected chi connectivity index (χ4v) is 1.56. The summed E-state index contributed by atoms with van der Waals surface area (Å²) in [5, 5.41) is 11.9. The topological polar surface area (TPSA) is 67.3 Å². The third-order valence-corrected chi connectivity index (χ3v) is 2.42. The Balaban J connectivity index is 2.22. The summed E-state index contributed by atoms with van der Waals surface area (Å²) in [4.78, 5) is 8.20. The molecule has 0 unspecified atom stereocenters. The number of hydrogen-bond acceptors (Lipinski definition) is 5. The first-order valence-corrected chi connectivity index (χ1v) is 5.71. The fraction of sp³-hybridized carbons (Fsp3) is 0.231. The van der Waals surface area contributed by atoms with Crippen LogP contribution in [0.2, 0.25) is 0 Å². The molecule has 0 amide bonds. The first-order valence-electron chi connectivity index (χ1n) is 5.71. The number of benzene rings is 1. The highest BCUT2D eigenvalue weighted by Crippen LogP contribution is 2.24. The highest BCUT2D eigenvalue weighted by Gasteiger charge is 2.05. The number of aromatic nitrogens is 2. The molecule has 0 saturated heterocycles. The summed E-state index contributed by atoms with van der Waals surface area (Å²) in [6.07, 6.45) is 2.18. The normalized spacial score (nSPS) is 10.1. The Kier molecular flexibility index (Phi) is 4.09. The molecule has 2 aromatic rings. The maximum absolute atomic E-state index is 9.00. The van der Waals surface area contributed by atoms with E-state index in [-0.39, 0.29) is 6.61 Å². The van der Waals surface area contributed by atoms with E-state index in [1.165, 1.54) is 0 Å². The smallest absolute Gasteiger partial charge is 0.225 e. The average molecular weight is 245 g/mol. The Hall–Kier alpha value is -2.14. The van der Waals surface area contributed by atoms with E-state index in [2.05, 4.69) is 15.3 Å². The van der Waals surface area contributed by atoms with Crippen LogP contribution in [0.25, 0.3) is 0 Å². The lowest BCUT2D eigenvalue weighted by molar-refractivity contribution is 0.297. The van der Waals surface area contributed by atoms with Gasteiger partial charge >= 0.3 is 0 Å². The second-order valence-corrected chi connectivity index (χ2v) is 3.65. The minimum atomic E-state index is 0.0892. The predicted molar refractivity (Wildman–Crippen MR) is 68.9 cm³/mol. The van der Waals surface area contributed by atoms with Gasteiger partial charge in [-0.1, -0.05) is 18.2 Å². The molecule has 0 spiro atoms. The van der Waals surface area contributed by atoms with Crippen LogP contribution in [0, 0.1) is 0 Å². The number of hydrogen-bond donors (Lipinski definition) is 2. The van der Waals surface area contributed by atoms with Crippen molar-refractivity contribution in [3.8, 4) is 11.6 Å². The predicted octanol–water partition coefficient (Wildman–Crippen LogP) is 1.85. The molecule has 0 aliphatic rings. The van der Waals surface area contributed by atoms with Gasteiger partial charge in [0.25, 0.3) is 0 Å². The molecule has 0 aliphatic heterocycles. The molecular formula is C13H15N3O2. The van der Waals surface area contributed by atoms with Crippen LogP contribution in [0.15, 0.2) is 36.5 Å². The van der Waals surface area contributed by atoms with Crippen molar-refractivity contribution in [2.45, 2.75) is 6.42 Å². The zero-order valence-corrected chi connectivity index (χ0v) is 10.1. The number of aliphatic hydroxyl groups excluding tert-OH is 1. The molecule has 0 saturated carbocycles. The van der Waals surface area contributed by atoms with Gasteiger partial charge in [0.1, 0.15) is 5.75 Å². The van der Waals surface area contributed by atoms with Crippen LogP contribution in [0.3, 0.4) is 0 Å². The summed E-state index contributed by atoms with van der Waals surface area (Å²) < 4.78 is 5.70. The van der Waals surface area contributed by atoms with E-state index in [0.717, 1.165) is 5.56 Å². The van der Waals surface area contributed by atoms with Crippen LogP contribution in [0.5, 0.6) is 11.6 Å². The van der Waals surface area contributed by atoms with Crippen LogP contribution >= 0.6 is 0 Å². The fourth-order valence-electron chi connectivity index (χ4n) is 1.56. The molecule has 1 heterocycles. The SMILES string of the molecule is CNc1nccc(Oc2ccccc2CCO)n1. The lowest BCUT2D eigenvalue weighted by Crippen LogP contribution is -1.99. The summed E-state index contributed by atoms with van der Waals surface area (Å²) in [5.41, 5.74) is 0.949. The highest BCUT2D eigenvalue weighted by molar-refractivity contribution is 5.37. The number of rotatable bonds is 5. The third kappa shape index (κ3) is 2.95. The van der Waals surface area contributed by atoms with Gasteiger partial charge in [0.2, 0.25) is 11.8 Å². The van der Waals surface area contributed by atoms with E-state index in [4.69, 9.17) is 9.84 Å². The first kappa shape index (κ1) is 12.3. The molecule has 1 aromatic carbocycles. The average Bonchev–Trinajstić information content (AvgIpc) is 2.41. The summed E-state index contributed by atoms with van der Waals surface area (Å²) >= 11 is 0. The van der Waals surface area contributed by atoms with Crippen molar-refractivity contribution in [2.24, 2.45) is 0 Å². The van der Waals surface area contributed by atoms with Crippen LogP contribution in [0.4, 0.5) is 5.95 Å². The Bertz CT molecular complexity index is 517. The summed E-state index contributed by atoms with van der Waals surface area (Å²) in [5.74, 6) is 1.68. The van der Waals surface area contributed by atoms with Crippen molar-refractivity contribution in [1.82, 2.24) is 9.97 Å². The number of nitrogens with one attached hydrogen (secondary N) is 1. The zero-order chi connectivity index (χ0) is 12.8. The molecule has 5 nitrogen and oxygen atoms in total. The Morgan fingerprint density at radius 3 is 2.89 bits per heavy atom. The lowest BCUT2D eigenvalue weighted by Gasteiger charge is -2.09. The van der Waals surface area contributed by atoms with E-state index in [1.54, 1.807) is 19.3 Å². The first-order chi connectivity index (χ1) is 8.83. The number of anilines is 1. The van der Waals surface area contributed by atoms with Crippen LogP contribution < -0.4 is 10.1 Å². The molecule has 5 heteroatoms. The molecule has 0 bridgehead atoms. The van der Waals surface area contributed by atoms with Gasteiger partial charge in [-0.2, -0.15) is 4.98 Å². The lowest BCUT2D eigenvalue weighted by atomic mass is 10.1. The van der Waals surface area contributed by atoms with E-state index >= 15 is 0 Å². The molecule has 18 heavy (non-hydrogen) atoms. The molecule has 2 rings (SSSR count). The van der Waals surface area contributed by atoms with Gasteiger partial charge in [0.05, 0.1) is 0 Å². The van der Waals surface area contributed by atoms with Gasteiger partial charge in [0, 0.05) is 25.9 Å². The van der Waals surface area contributed by atoms with Crippen molar-refractivity contribution in [3.05, 3.63) is 42.1 Å². The van der Waals surface area contributed by atoms with Crippen molar-refractivity contribution in [3.63, 3.8) is 0 Å². The molecule has 0 aliphatic carbocycles. The number of ether oxygens (including phenoxy) is 1. The van der Waals surface area contributed by atoms with Gasteiger partial charge < -0.3 is 15.2 Å². The standard InChI is InChI=1S/C13H15N3O2/c1-14-13-15-8-6-12(16-13)18-11-5-3-2-4-10(11)7-9-17/h2-6,8,17H,7,9H2,1H3,(H,14,15,16). The maximum atomic E-state index is 9.00. The quantitative estimate of drug-likeness (QED) is 0.841. The third-order valence-electron chi connectivity index (χ3n) is 2.42. The second-order valence-electron chi connectivity index (χ2n) is 3.65. The van der Waals surface area contributed by atoms with Crippen LogP contribution in [-0.2, 0) is 6.42 Å². The van der Waals surface area contributed by atoms with E-state index < -0.39 is 0 Å². The van der Waals surface area contributed by atoms with Gasteiger partial charge in [-0.15, -0.1) is 0 Å². The molecule has 94 valence electrons. The molecule has 1 aromatic heterocycles. The number of para-hydroxylation sites is 1. The van der Waals surface area contributed by atoms with Gasteiger partial charge in [0.15, 0.2) is 0 Å². The largest absolute Gasteiger partial charge is 0.439 e. The van der Waals surface area contributed by atoms with Gasteiger partial charge in [-0.3, -0.25) is 0 Å². The highest BCUT2D eigenvalue weighted by atomic mass is 16.5. The van der Waals surface area contributed by atoms with Gasteiger partial charge in [-0.05, 0) is 18.1 Å². The van der Waals surface area contributed by atoms with Crippen LogP contribution in [0.1, 0.15) is 5.56 Å². The monoisotopic (exact) mass is 245 g/mol. The van der Waals surface area contributed by atoms with E-state index in [1.807, 2.05) is 24.3 Å². The molecular weight excluding hydrogens is 230 g/mol. The van der Waals surface area contributed by atoms with Crippen LogP contribution in [-0.4, -0.2) is 28.7 Å². The summed E-state index contributed by atoms with van der Waals surface area (Å²) in [6, 6.07) is 9.27.